The van der Waals surface area contributed by atoms with Gasteiger partial charge in [0.1, 0.15) is 0 Å². The lowest BCUT2D eigenvalue weighted by atomic mass is 10.4. The fourth-order valence-corrected chi connectivity index (χ4v) is 2.10. The van der Waals surface area contributed by atoms with Crippen molar-refractivity contribution in [3.63, 3.8) is 0 Å². The van der Waals surface area contributed by atoms with Crippen molar-refractivity contribution < 1.29 is 5.11 Å². The molecule has 1 rings (SSSR count). The maximum atomic E-state index is 9.21. The number of hydrogen-bond donors (Lipinski definition) is 1. The Balaban J connectivity index is 2.41. The summed E-state index contributed by atoms with van der Waals surface area (Å²) in [7, 11) is 0. The molecule has 0 heterocycles. The van der Waals surface area contributed by atoms with Gasteiger partial charge >= 0.3 is 0 Å². The van der Waals surface area contributed by atoms with Crippen LogP contribution in [0.25, 0.3) is 0 Å². The third-order valence-corrected chi connectivity index (χ3v) is 3.48. The van der Waals surface area contributed by atoms with Gasteiger partial charge in [-0.2, -0.15) is 0 Å². The van der Waals surface area contributed by atoms with Gasteiger partial charge in [-0.15, -0.1) is 23.4 Å². The quantitative estimate of drug-likeness (QED) is 0.676. The second-order valence-electron chi connectivity index (χ2n) is 2.57. The van der Waals surface area contributed by atoms with E-state index in [1.807, 2.05) is 24.3 Å². The van der Waals surface area contributed by atoms with E-state index < -0.39 is 6.10 Å². The average molecular weight is 282 g/mol. The zero-order valence-corrected chi connectivity index (χ0v) is 10.1. The smallest absolute Gasteiger partial charge is 0.0769 e. The topological polar surface area (TPSA) is 20.2 Å². The zero-order chi connectivity index (χ0) is 9.68. The third-order valence-electron chi connectivity index (χ3n) is 1.43. The Morgan fingerprint density at radius 3 is 2.54 bits per heavy atom. The lowest BCUT2D eigenvalue weighted by Crippen LogP contribution is -2.10. The molecular weight excluding hydrogens is 272 g/mol. The average Bonchev–Trinajstić information content (AvgIpc) is 2.16. The predicted molar refractivity (Wildman–Crippen MR) is 61.6 cm³/mol. The summed E-state index contributed by atoms with van der Waals surface area (Å²) < 4.78 is 1.06. The summed E-state index contributed by atoms with van der Waals surface area (Å²) >= 11 is 10.4. The van der Waals surface area contributed by atoms with Crippen LogP contribution in [-0.4, -0.2) is 22.8 Å². The Bertz CT molecular complexity index is 252. The number of aliphatic hydroxyl groups excluding tert-OH is 1. The molecule has 0 aliphatic heterocycles. The number of benzene rings is 1. The SMILES string of the molecule is OC(CCl)CSc1ccc(Br)cc1. The highest BCUT2D eigenvalue weighted by Crippen LogP contribution is 2.21. The van der Waals surface area contributed by atoms with E-state index in [-0.39, 0.29) is 0 Å². The monoisotopic (exact) mass is 280 g/mol. The molecule has 1 unspecified atom stereocenters. The molecule has 0 saturated heterocycles. The molecule has 1 nitrogen and oxygen atoms in total. The van der Waals surface area contributed by atoms with Crippen LogP contribution in [0.15, 0.2) is 33.6 Å². The molecule has 0 aliphatic rings. The van der Waals surface area contributed by atoms with Crippen LogP contribution in [0.3, 0.4) is 0 Å². The van der Waals surface area contributed by atoms with Crippen molar-refractivity contribution in [1.29, 1.82) is 0 Å². The van der Waals surface area contributed by atoms with E-state index in [1.54, 1.807) is 11.8 Å². The number of rotatable bonds is 4. The molecule has 72 valence electrons. The molecule has 13 heavy (non-hydrogen) atoms. The van der Waals surface area contributed by atoms with Crippen LogP contribution in [0.5, 0.6) is 0 Å². The summed E-state index contributed by atoms with van der Waals surface area (Å²) in [6.07, 6.45) is -0.421. The Kier molecular flexibility index (Phi) is 5.17. The van der Waals surface area contributed by atoms with Gasteiger partial charge in [-0.25, -0.2) is 0 Å². The van der Waals surface area contributed by atoms with Crippen LogP contribution in [0.1, 0.15) is 0 Å². The number of aliphatic hydroxyl groups is 1. The first-order valence-corrected chi connectivity index (χ1v) is 6.16. The van der Waals surface area contributed by atoms with Crippen molar-refractivity contribution in [2.45, 2.75) is 11.0 Å². The number of hydrogen-bond acceptors (Lipinski definition) is 2. The third kappa shape index (κ3) is 4.36. The molecule has 0 aliphatic carbocycles. The summed E-state index contributed by atoms with van der Waals surface area (Å²) in [6, 6.07) is 7.98. The Morgan fingerprint density at radius 1 is 1.38 bits per heavy atom. The fourth-order valence-electron chi connectivity index (χ4n) is 0.768. The van der Waals surface area contributed by atoms with E-state index in [2.05, 4.69) is 15.9 Å². The molecular formula is C9H10BrClOS. The molecule has 0 aromatic heterocycles. The van der Waals surface area contributed by atoms with Crippen molar-refractivity contribution in [1.82, 2.24) is 0 Å². The predicted octanol–water partition coefficient (Wildman–Crippen LogP) is 3.14. The molecule has 0 radical (unpaired) electrons. The van der Waals surface area contributed by atoms with Gasteiger partial charge < -0.3 is 5.11 Å². The first-order valence-electron chi connectivity index (χ1n) is 3.85. The highest BCUT2D eigenvalue weighted by atomic mass is 79.9. The molecule has 0 saturated carbocycles. The van der Waals surface area contributed by atoms with Gasteiger partial charge in [0.05, 0.1) is 6.10 Å². The van der Waals surface area contributed by atoms with Crippen LogP contribution < -0.4 is 0 Å². The lowest BCUT2D eigenvalue weighted by molar-refractivity contribution is 0.223. The number of alkyl halides is 1. The highest BCUT2D eigenvalue weighted by molar-refractivity contribution is 9.10. The lowest BCUT2D eigenvalue weighted by Gasteiger charge is -2.05. The van der Waals surface area contributed by atoms with Crippen molar-refractivity contribution >= 4 is 39.3 Å². The Labute approximate surface area is 95.6 Å². The molecule has 1 atom stereocenters. The second-order valence-corrected chi connectivity index (χ2v) is 4.89. The van der Waals surface area contributed by atoms with E-state index in [1.165, 1.54) is 0 Å². The largest absolute Gasteiger partial charge is 0.391 e. The molecule has 1 N–H and O–H groups in total. The Morgan fingerprint density at radius 2 is 2.00 bits per heavy atom. The molecule has 1 aromatic carbocycles. The van der Waals surface area contributed by atoms with E-state index in [0.717, 1.165) is 9.37 Å². The zero-order valence-electron chi connectivity index (χ0n) is 6.91. The molecule has 0 bridgehead atoms. The van der Waals surface area contributed by atoms with Crippen molar-refractivity contribution in [2.24, 2.45) is 0 Å². The number of halogens is 2. The van der Waals surface area contributed by atoms with E-state index in [0.29, 0.717) is 11.6 Å². The van der Waals surface area contributed by atoms with Crippen LogP contribution >= 0.6 is 39.3 Å². The maximum Gasteiger partial charge on any atom is 0.0769 e. The minimum atomic E-state index is -0.421. The Hall–Kier alpha value is 0.300. The van der Waals surface area contributed by atoms with E-state index in [4.69, 9.17) is 11.6 Å². The van der Waals surface area contributed by atoms with Crippen molar-refractivity contribution in [3.05, 3.63) is 28.7 Å². The summed E-state index contributed by atoms with van der Waals surface area (Å²) in [5.74, 6) is 0.939. The van der Waals surface area contributed by atoms with Gasteiger partial charge in [0, 0.05) is 21.0 Å². The molecule has 4 heteroatoms. The van der Waals surface area contributed by atoms with Gasteiger partial charge in [-0.3, -0.25) is 0 Å². The van der Waals surface area contributed by atoms with Crippen molar-refractivity contribution in [3.8, 4) is 0 Å². The maximum absolute atomic E-state index is 9.21. The van der Waals surface area contributed by atoms with Crippen LogP contribution in [0.4, 0.5) is 0 Å². The van der Waals surface area contributed by atoms with Gasteiger partial charge in [0.2, 0.25) is 0 Å². The fraction of sp³-hybridized carbons (Fsp3) is 0.333. The van der Waals surface area contributed by atoms with Crippen LogP contribution in [0, 0.1) is 0 Å². The summed E-state index contributed by atoms with van der Waals surface area (Å²) in [5.41, 5.74) is 0. The minimum absolute atomic E-state index is 0.295. The van der Waals surface area contributed by atoms with Gasteiger partial charge in [-0.05, 0) is 24.3 Å². The summed E-state index contributed by atoms with van der Waals surface area (Å²) in [4.78, 5) is 1.15. The molecule has 0 amide bonds. The first-order chi connectivity index (χ1) is 6.22. The minimum Gasteiger partial charge on any atom is -0.391 e. The van der Waals surface area contributed by atoms with Gasteiger partial charge in [0.15, 0.2) is 0 Å². The normalized spacial score (nSPS) is 12.8. The number of thioether (sulfide) groups is 1. The van der Waals surface area contributed by atoms with Crippen molar-refractivity contribution in [2.75, 3.05) is 11.6 Å². The van der Waals surface area contributed by atoms with Crippen LogP contribution in [0.2, 0.25) is 0 Å². The van der Waals surface area contributed by atoms with E-state index in [9.17, 15) is 5.11 Å². The highest BCUT2D eigenvalue weighted by Gasteiger charge is 2.02. The van der Waals surface area contributed by atoms with Gasteiger partial charge in [0.25, 0.3) is 0 Å². The molecule has 1 aromatic rings. The van der Waals surface area contributed by atoms with Gasteiger partial charge in [-0.1, -0.05) is 15.9 Å². The standard InChI is InChI=1S/C9H10BrClOS/c10-7-1-3-9(4-2-7)13-6-8(12)5-11/h1-4,8,12H,5-6H2. The summed E-state index contributed by atoms with van der Waals surface area (Å²) in [5, 5.41) is 9.21. The molecule has 0 spiro atoms. The second kappa shape index (κ2) is 5.91. The van der Waals surface area contributed by atoms with Crippen LogP contribution in [-0.2, 0) is 0 Å². The summed E-state index contributed by atoms with van der Waals surface area (Å²) in [6.45, 7) is 0. The molecule has 0 fully saturated rings. The first kappa shape index (κ1) is 11.4. The van der Waals surface area contributed by atoms with E-state index >= 15 is 0 Å².